The molecule has 1 atom stereocenters. The molecule has 2 aromatic heterocycles. The molecule has 0 aliphatic heterocycles. The van der Waals surface area contributed by atoms with E-state index in [0.717, 1.165) is 0 Å². The van der Waals surface area contributed by atoms with Gasteiger partial charge in [0.25, 0.3) is 0 Å². The number of hydrogen-bond acceptors (Lipinski definition) is 3. The van der Waals surface area contributed by atoms with Crippen LogP contribution in [0.3, 0.4) is 0 Å². The van der Waals surface area contributed by atoms with Crippen molar-refractivity contribution in [3.8, 4) is 0 Å². The Morgan fingerprint density at radius 1 is 1.25 bits per heavy atom. The summed E-state index contributed by atoms with van der Waals surface area (Å²) in [5.41, 5.74) is 7.23. The van der Waals surface area contributed by atoms with Gasteiger partial charge >= 0.3 is 0 Å². The molecule has 0 spiro atoms. The number of thiophene rings is 2. The average Bonchev–Trinajstić information content (AvgIpc) is 2.77. The van der Waals surface area contributed by atoms with Gasteiger partial charge in [0.1, 0.15) is 0 Å². The first-order valence-corrected chi connectivity index (χ1v) is 5.51. The van der Waals surface area contributed by atoms with Crippen molar-refractivity contribution in [3.05, 3.63) is 44.8 Å². The van der Waals surface area contributed by atoms with Crippen LogP contribution in [0.2, 0.25) is 0 Å². The van der Waals surface area contributed by atoms with Gasteiger partial charge in [-0.05, 0) is 33.8 Å². The average molecular weight is 195 g/mol. The molecule has 0 aromatic carbocycles. The predicted molar refractivity (Wildman–Crippen MR) is 54.7 cm³/mol. The van der Waals surface area contributed by atoms with Crippen molar-refractivity contribution >= 4 is 22.7 Å². The number of rotatable bonds is 2. The number of hydrogen-bond donors (Lipinski definition) is 1. The molecule has 2 aromatic rings. The number of nitrogens with two attached hydrogens (primary N) is 1. The standard InChI is InChI=1S/C9H9NS2/c10-9(7-3-5-11-6-7)8-2-1-4-12-8/h1-6,9H,10H2/t9-/m0/s1. The van der Waals surface area contributed by atoms with Gasteiger partial charge in [-0.2, -0.15) is 11.3 Å². The molecule has 2 heterocycles. The topological polar surface area (TPSA) is 26.0 Å². The molecule has 0 fully saturated rings. The third kappa shape index (κ3) is 1.43. The minimum Gasteiger partial charge on any atom is -0.320 e. The monoisotopic (exact) mass is 195 g/mol. The molecule has 12 heavy (non-hydrogen) atoms. The van der Waals surface area contributed by atoms with Crippen LogP contribution in [0, 0.1) is 0 Å². The van der Waals surface area contributed by atoms with Gasteiger partial charge in [0, 0.05) is 4.88 Å². The maximum atomic E-state index is 6.02. The highest BCUT2D eigenvalue weighted by Crippen LogP contribution is 2.24. The molecular formula is C9H9NS2. The van der Waals surface area contributed by atoms with Gasteiger partial charge in [0.15, 0.2) is 0 Å². The SMILES string of the molecule is N[C@@H](c1ccsc1)c1cccs1. The fourth-order valence-corrected chi connectivity index (χ4v) is 2.54. The largest absolute Gasteiger partial charge is 0.320 e. The summed E-state index contributed by atoms with van der Waals surface area (Å²) in [6, 6.07) is 6.25. The molecule has 2 rings (SSSR count). The maximum Gasteiger partial charge on any atom is 0.0654 e. The highest BCUT2D eigenvalue weighted by Gasteiger charge is 2.08. The van der Waals surface area contributed by atoms with Gasteiger partial charge in [-0.3, -0.25) is 0 Å². The lowest BCUT2D eigenvalue weighted by Gasteiger charge is -2.05. The third-order valence-corrected chi connectivity index (χ3v) is 3.41. The molecule has 0 saturated heterocycles. The van der Waals surface area contributed by atoms with Crippen LogP contribution < -0.4 is 5.73 Å². The second-order valence-corrected chi connectivity index (χ2v) is 4.31. The molecular weight excluding hydrogens is 186 g/mol. The molecule has 0 amide bonds. The second-order valence-electron chi connectivity index (χ2n) is 2.55. The van der Waals surface area contributed by atoms with Gasteiger partial charge < -0.3 is 5.73 Å². The zero-order valence-electron chi connectivity index (χ0n) is 6.44. The van der Waals surface area contributed by atoms with Crippen LogP contribution >= 0.6 is 22.7 Å². The zero-order chi connectivity index (χ0) is 8.39. The van der Waals surface area contributed by atoms with Crippen LogP contribution in [0.5, 0.6) is 0 Å². The quantitative estimate of drug-likeness (QED) is 0.783. The Labute approximate surface area is 79.5 Å². The van der Waals surface area contributed by atoms with E-state index < -0.39 is 0 Å². The van der Waals surface area contributed by atoms with Gasteiger partial charge in [-0.25, -0.2) is 0 Å². The molecule has 1 nitrogen and oxygen atoms in total. The molecule has 0 aliphatic rings. The van der Waals surface area contributed by atoms with Crippen molar-refractivity contribution in [1.82, 2.24) is 0 Å². The van der Waals surface area contributed by atoms with E-state index >= 15 is 0 Å². The van der Waals surface area contributed by atoms with E-state index in [0.29, 0.717) is 0 Å². The fourth-order valence-electron chi connectivity index (χ4n) is 1.08. The van der Waals surface area contributed by atoms with E-state index in [9.17, 15) is 0 Å². The lowest BCUT2D eigenvalue weighted by Crippen LogP contribution is -2.08. The second kappa shape index (κ2) is 3.39. The Morgan fingerprint density at radius 3 is 2.75 bits per heavy atom. The van der Waals surface area contributed by atoms with Crippen LogP contribution in [0.25, 0.3) is 0 Å². The molecule has 0 unspecified atom stereocenters. The highest BCUT2D eigenvalue weighted by molar-refractivity contribution is 7.10. The smallest absolute Gasteiger partial charge is 0.0654 e. The van der Waals surface area contributed by atoms with Gasteiger partial charge in [-0.1, -0.05) is 6.07 Å². The summed E-state index contributed by atoms with van der Waals surface area (Å²) in [7, 11) is 0. The van der Waals surface area contributed by atoms with Crippen LogP contribution in [0.15, 0.2) is 34.3 Å². The first kappa shape index (κ1) is 7.98. The molecule has 62 valence electrons. The normalized spacial score (nSPS) is 13.1. The Balaban J connectivity index is 2.27. The molecule has 0 saturated carbocycles. The van der Waals surface area contributed by atoms with Gasteiger partial charge in [0.2, 0.25) is 0 Å². The Morgan fingerprint density at radius 2 is 2.17 bits per heavy atom. The summed E-state index contributed by atoms with van der Waals surface area (Å²) < 4.78 is 0. The van der Waals surface area contributed by atoms with Crippen molar-refractivity contribution in [2.75, 3.05) is 0 Å². The summed E-state index contributed by atoms with van der Waals surface area (Å²) in [6.07, 6.45) is 0. The predicted octanol–water partition coefficient (Wildman–Crippen LogP) is 2.86. The Kier molecular flexibility index (Phi) is 2.26. The lowest BCUT2D eigenvalue weighted by atomic mass is 10.1. The third-order valence-electron chi connectivity index (χ3n) is 1.75. The van der Waals surface area contributed by atoms with Crippen LogP contribution in [-0.2, 0) is 0 Å². The first-order chi connectivity index (χ1) is 5.88. The Bertz CT molecular complexity index is 289. The minimum absolute atomic E-state index is 0.0660. The van der Waals surface area contributed by atoms with Crippen LogP contribution in [-0.4, -0.2) is 0 Å². The van der Waals surface area contributed by atoms with E-state index in [1.54, 1.807) is 22.7 Å². The van der Waals surface area contributed by atoms with E-state index in [-0.39, 0.29) is 6.04 Å². The molecule has 0 bridgehead atoms. The first-order valence-electron chi connectivity index (χ1n) is 3.69. The van der Waals surface area contributed by atoms with E-state index in [1.165, 1.54) is 10.4 Å². The van der Waals surface area contributed by atoms with Crippen molar-refractivity contribution in [1.29, 1.82) is 0 Å². The molecule has 3 heteroatoms. The van der Waals surface area contributed by atoms with Crippen LogP contribution in [0.1, 0.15) is 16.5 Å². The minimum atomic E-state index is 0.0660. The highest BCUT2D eigenvalue weighted by atomic mass is 32.1. The summed E-state index contributed by atoms with van der Waals surface area (Å²) in [6.45, 7) is 0. The fraction of sp³-hybridized carbons (Fsp3) is 0.111. The van der Waals surface area contributed by atoms with Crippen LogP contribution in [0.4, 0.5) is 0 Å². The van der Waals surface area contributed by atoms with Gasteiger partial charge in [-0.15, -0.1) is 11.3 Å². The van der Waals surface area contributed by atoms with Crippen molar-refractivity contribution < 1.29 is 0 Å². The van der Waals surface area contributed by atoms with E-state index in [2.05, 4.69) is 28.3 Å². The van der Waals surface area contributed by atoms with E-state index in [1.807, 2.05) is 6.07 Å². The molecule has 0 aliphatic carbocycles. The Hall–Kier alpha value is -0.640. The maximum absolute atomic E-state index is 6.02. The summed E-state index contributed by atoms with van der Waals surface area (Å²) in [4.78, 5) is 1.23. The van der Waals surface area contributed by atoms with E-state index in [4.69, 9.17) is 5.73 Å². The summed E-state index contributed by atoms with van der Waals surface area (Å²) in [5.74, 6) is 0. The van der Waals surface area contributed by atoms with Crippen molar-refractivity contribution in [2.45, 2.75) is 6.04 Å². The zero-order valence-corrected chi connectivity index (χ0v) is 8.07. The van der Waals surface area contributed by atoms with Crippen molar-refractivity contribution in [2.24, 2.45) is 5.73 Å². The summed E-state index contributed by atoms with van der Waals surface area (Å²) >= 11 is 3.40. The van der Waals surface area contributed by atoms with Crippen molar-refractivity contribution in [3.63, 3.8) is 0 Å². The molecule has 0 radical (unpaired) electrons. The van der Waals surface area contributed by atoms with Gasteiger partial charge in [0.05, 0.1) is 6.04 Å². The lowest BCUT2D eigenvalue weighted by molar-refractivity contribution is 0.899. The molecule has 2 N–H and O–H groups in total. The summed E-state index contributed by atoms with van der Waals surface area (Å²) in [5, 5.41) is 6.22.